The number of nitrogens with one attached hydrogen (secondary N) is 2. The first-order valence-corrected chi connectivity index (χ1v) is 8.33. The van der Waals surface area contributed by atoms with E-state index in [4.69, 9.17) is 0 Å². The van der Waals surface area contributed by atoms with Crippen LogP contribution in [0.3, 0.4) is 0 Å². The summed E-state index contributed by atoms with van der Waals surface area (Å²) in [4.78, 5) is 24.9. The van der Waals surface area contributed by atoms with E-state index < -0.39 is 6.04 Å². The zero-order valence-electron chi connectivity index (χ0n) is 14.5. The fraction of sp³-hybridized carbons (Fsp3) is 0.250. The smallest absolute Gasteiger partial charge is 0.262 e. The van der Waals surface area contributed by atoms with Gasteiger partial charge in [-0.1, -0.05) is 55.5 Å². The molecule has 2 rings (SSSR count). The van der Waals surface area contributed by atoms with E-state index in [-0.39, 0.29) is 11.8 Å². The lowest BCUT2D eigenvalue weighted by atomic mass is 10.0. The lowest BCUT2D eigenvalue weighted by molar-refractivity contribution is -0.122. The summed E-state index contributed by atoms with van der Waals surface area (Å²) in [6, 6.07) is 17.7. The average molecular weight is 337 g/mol. The number of nitrogens with zero attached hydrogens (tertiary/aromatic N) is 1. The summed E-state index contributed by atoms with van der Waals surface area (Å²) in [6.45, 7) is 3.80. The van der Waals surface area contributed by atoms with Gasteiger partial charge in [0.25, 0.3) is 11.8 Å². The summed E-state index contributed by atoms with van der Waals surface area (Å²) in [5, 5.41) is 6.85. The highest BCUT2D eigenvalue weighted by atomic mass is 16.2. The lowest BCUT2D eigenvalue weighted by Gasteiger charge is -2.17. The predicted octanol–water partition coefficient (Wildman–Crippen LogP) is 2.93. The number of carbonyl (C=O) groups excluding carboxylic acids is 2. The molecular formula is C20H23N3O2. The summed E-state index contributed by atoms with van der Waals surface area (Å²) >= 11 is 0. The van der Waals surface area contributed by atoms with Crippen LogP contribution < -0.4 is 10.7 Å². The highest BCUT2D eigenvalue weighted by molar-refractivity contribution is 5.97. The molecule has 2 amide bonds. The number of amides is 2. The van der Waals surface area contributed by atoms with Crippen LogP contribution in [0.5, 0.6) is 0 Å². The van der Waals surface area contributed by atoms with E-state index >= 15 is 0 Å². The molecule has 0 aliphatic heterocycles. The minimum absolute atomic E-state index is 0.284. The van der Waals surface area contributed by atoms with Crippen LogP contribution in [0.15, 0.2) is 65.8 Å². The molecule has 5 nitrogen and oxygen atoms in total. The van der Waals surface area contributed by atoms with E-state index in [9.17, 15) is 9.59 Å². The van der Waals surface area contributed by atoms with Crippen LogP contribution in [0.2, 0.25) is 0 Å². The maximum Gasteiger partial charge on any atom is 0.262 e. The first-order valence-electron chi connectivity index (χ1n) is 8.33. The van der Waals surface area contributed by atoms with Crippen LogP contribution in [-0.2, 0) is 11.2 Å². The number of hydrogen-bond acceptors (Lipinski definition) is 3. The molecule has 0 heterocycles. The first-order chi connectivity index (χ1) is 12.1. The van der Waals surface area contributed by atoms with Crippen LogP contribution in [0.4, 0.5) is 0 Å². The van der Waals surface area contributed by atoms with Gasteiger partial charge < -0.3 is 5.32 Å². The molecule has 0 aromatic heterocycles. The number of rotatable bonds is 7. The highest BCUT2D eigenvalue weighted by Crippen LogP contribution is 2.06. The number of hydrogen-bond donors (Lipinski definition) is 2. The van der Waals surface area contributed by atoms with Crippen molar-refractivity contribution < 1.29 is 9.59 Å². The van der Waals surface area contributed by atoms with Crippen molar-refractivity contribution in [3.8, 4) is 0 Å². The molecule has 0 radical (unpaired) electrons. The minimum Gasteiger partial charge on any atom is -0.340 e. The van der Waals surface area contributed by atoms with Crippen molar-refractivity contribution in [1.82, 2.24) is 10.7 Å². The second-order valence-electron chi connectivity index (χ2n) is 5.76. The van der Waals surface area contributed by atoms with Gasteiger partial charge in [0.1, 0.15) is 6.04 Å². The van der Waals surface area contributed by atoms with Gasteiger partial charge in [-0.15, -0.1) is 0 Å². The molecule has 0 saturated heterocycles. The van der Waals surface area contributed by atoms with Crippen LogP contribution in [0.25, 0.3) is 0 Å². The summed E-state index contributed by atoms with van der Waals surface area (Å²) < 4.78 is 0. The van der Waals surface area contributed by atoms with E-state index in [1.54, 1.807) is 24.3 Å². The third kappa shape index (κ3) is 5.88. The topological polar surface area (TPSA) is 70.6 Å². The van der Waals surface area contributed by atoms with Crippen molar-refractivity contribution in [2.75, 3.05) is 0 Å². The Morgan fingerprint density at radius 1 is 1.00 bits per heavy atom. The van der Waals surface area contributed by atoms with Crippen LogP contribution in [-0.4, -0.2) is 23.6 Å². The molecule has 1 atom stereocenters. The summed E-state index contributed by atoms with van der Waals surface area (Å²) in [6.07, 6.45) is 1.14. The third-order valence-electron chi connectivity index (χ3n) is 3.81. The van der Waals surface area contributed by atoms with E-state index in [1.807, 2.05) is 50.2 Å². The van der Waals surface area contributed by atoms with E-state index in [0.717, 1.165) is 17.7 Å². The molecule has 2 N–H and O–H groups in total. The van der Waals surface area contributed by atoms with Crippen LogP contribution >= 0.6 is 0 Å². The van der Waals surface area contributed by atoms with E-state index in [2.05, 4.69) is 15.8 Å². The van der Waals surface area contributed by atoms with Gasteiger partial charge >= 0.3 is 0 Å². The van der Waals surface area contributed by atoms with E-state index in [1.165, 1.54) is 0 Å². The Balaban J connectivity index is 2.13. The molecule has 5 heteroatoms. The Labute approximate surface area is 148 Å². The maximum absolute atomic E-state index is 12.5. The molecule has 0 saturated carbocycles. The second kappa shape index (κ2) is 9.37. The number of benzene rings is 2. The third-order valence-corrected chi connectivity index (χ3v) is 3.81. The Kier molecular flexibility index (Phi) is 6.89. The normalized spacial score (nSPS) is 12.3. The van der Waals surface area contributed by atoms with Gasteiger partial charge in [-0.25, -0.2) is 5.43 Å². The quantitative estimate of drug-likeness (QED) is 0.602. The fourth-order valence-corrected chi connectivity index (χ4v) is 2.20. The SMILES string of the molecule is CCC(C)=NNC(=O)C(Cc1ccccc1)NC(=O)c1ccccc1. The molecule has 2 aromatic carbocycles. The van der Waals surface area contributed by atoms with Crippen molar-refractivity contribution >= 4 is 17.5 Å². The van der Waals surface area contributed by atoms with Crippen molar-refractivity contribution in [2.45, 2.75) is 32.7 Å². The molecule has 25 heavy (non-hydrogen) atoms. The molecule has 0 spiro atoms. The number of carbonyl (C=O) groups is 2. The van der Waals surface area contributed by atoms with Crippen LogP contribution in [0.1, 0.15) is 36.2 Å². The van der Waals surface area contributed by atoms with Crippen molar-refractivity contribution in [1.29, 1.82) is 0 Å². The monoisotopic (exact) mass is 337 g/mol. The molecule has 1 unspecified atom stereocenters. The van der Waals surface area contributed by atoms with Crippen molar-refractivity contribution in [3.05, 3.63) is 71.8 Å². The van der Waals surface area contributed by atoms with E-state index in [0.29, 0.717) is 12.0 Å². The minimum atomic E-state index is -0.705. The zero-order valence-corrected chi connectivity index (χ0v) is 14.5. The largest absolute Gasteiger partial charge is 0.340 e. The van der Waals surface area contributed by atoms with Gasteiger partial charge in [-0.2, -0.15) is 5.10 Å². The predicted molar refractivity (Wildman–Crippen MR) is 99.4 cm³/mol. The highest BCUT2D eigenvalue weighted by Gasteiger charge is 2.21. The Morgan fingerprint density at radius 2 is 1.60 bits per heavy atom. The fourth-order valence-electron chi connectivity index (χ4n) is 2.20. The van der Waals surface area contributed by atoms with Gasteiger partial charge in [0, 0.05) is 17.7 Å². The van der Waals surface area contributed by atoms with Gasteiger partial charge in [0.2, 0.25) is 0 Å². The molecular weight excluding hydrogens is 314 g/mol. The Hall–Kier alpha value is -2.95. The molecule has 0 fully saturated rings. The molecule has 130 valence electrons. The van der Waals surface area contributed by atoms with Gasteiger partial charge in [0.05, 0.1) is 0 Å². The standard InChI is InChI=1S/C20H23N3O2/c1-3-15(2)22-23-20(25)18(14-16-10-6-4-7-11-16)21-19(24)17-12-8-5-9-13-17/h4-13,18H,3,14H2,1-2H3,(H,21,24)(H,23,25). The molecule has 0 aliphatic rings. The summed E-state index contributed by atoms with van der Waals surface area (Å²) in [5.41, 5.74) is 4.85. The van der Waals surface area contributed by atoms with Crippen molar-refractivity contribution in [2.24, 2.45) is 5.10 Å². The lowest BCUT2D eigenvalue weighted by Crippen LogP contribution is -2.47. The van der Waals surface area contributed by atoms with Crippen LogP contribution in [0, 0.1) is 0 Å². The molecule has 2 aromatic rings. The zero-order chi connectivity index (χ0) is 18.1. The van der Waals surface area contributed by atoms with Crippen molar-refractivity contribution in [3.63, 3.8) is 0 Å². The second-order valence-corrected chi connectivity index (χ2v) is 5.76. The Morgan fingerprint density at radius 3 is 2.20 bits per heavy atom. The maximum atomic E-state index is 12.5. The molecule has 0 aliphatic carbocycles. The van der Waals surface area contributed by atoms with Gasteiger partial charge in [-0.05, 0) is 31.0 Å². The van der Waals surface area contributed by atoms with Gasteiger partial charge in [0.15, 0.2) is 0 Å². The molecule has 0 bridgehead atoms. The van der Waals surface area contributed by atoms with Gasteiger partial charge in [-0.3, -0.25) is 9.59 Å². The average Bonchev–Trinajstić information content (AvgIpc) is 2.66. The summed E-state index contributed by atoms with van der Waals surface area (Å²) in [5.74, 6) is -0.617. The number of hydrazone groups is 1. The summed E-state index contributed by atoms with van der Waals surface area (Å²) in [7, 11) is 0. The Bertz CT molecular complexity index is 727. The first kappa shape index (κ1) is 18.4.